The Morgan fingerprint density at radius 3 is 1.59 bits per heavy atom. The van der Waals surface area contributed by atoms with Crippen LogP contribution in [0.3, 0.4) is 0 Å². The van der Waals surface area contributed by atoms with E-state index in [2.05, 4.69) is 96.6 Å². The van der Waals surface area contributed by atoms with E-state index in [9.17, 15) is 0 Å². The van der Waals surface area contributed by atoms with E-state index in [-0.39, 0.29) is 18.8 Å². The van der Waals surface area contributed by atoms with Crippen molar-refractivity contribution in [2.75, 3.05) is 0 Å². The van der Waals surface area contributed by atoms with Gasteiger partial charge < -0.3 is 8.83 Å². The normalized spacial score (nSPS) is 11.5. The van der Waals surface area contributed by atoms with Crippen molar-refractivity contribution >= 4 is 62.1 Å². The van der Waals surface area contributed by atoms with Crippen LogP contribution in [0.2, 0.25) is 0 Å². The van der Waals surface area contributed by atoms with E-state index in [1.807, 2.05) is 49.5 Å². The first-order valence-corrected chi connectivity index (χ1v) is 22.8. The van der Waals surface area contributed by atoms with Crippen LogP contribution in [0.1, 0.15) is 97.2 Å². The SMILES string of the molecule is C.C#CC#CC.C#CC#CC#C.CC#CC.Cc1scc2c1CCC2.[C-]#[N+]/C(C#N)=C/c1ccc(-c2sc(Br)c3c2CCC3)o1.[C-]#[N+]/C(C#N)=C/c1ccc(-c2scc3c2CCC3)o1. The molecule has 0 radical (unpaired) electrons. The molecular formula is C54H45BrN4O2S3. The number of hydrogen-bond donors (Lipinski definition) is 0. The lowest BCUT2D eigenvalue weighted by Gasteiger charge is -1.96. The topological polar surface area (TPSA) is 82.6 Å². The number of fused-ring (bicyclic) bond motifs is 3. The molecule has 0 atom stereocenters. The van der Waals surface area contributed by atoms with Crippen molar-refractivity contribution < 1.29 is 8.83 Å². The summed E-state index contributed by atoms with van der Waals surface area (Å²) >= 11 is 8.92. The largest absolute Gasteiger partial charge is 0.457 e. The lowest BCUT2D eigenvalue weighted by Crippen LogP contribution is -1.77. The summed E-state index contributed by atoms with van der Waals surface area (Å²) in [6.07, 6.45) is 28.0. The van der Waals surface area contributed by atoms with E-state index in [0.29, 0.717) is 11.5 Å². The Morgan fingerprint density at radius 2 is 1.12 bits per heavy atom. The van der Waals surface area contributed by atoms with Gasteiger partial charge in [0.15, 0.2) is 0 Å². The van der Waals surface area contributed by atoms with Crippen LogP contribution in [-0.2, 0) is 38.5 Å². The molecular weight excluding hydrogens is 913 g/mol. The predicted octanol–water partition coefficient (Wildman–Crippen LogP) is 14.4. The van der Waals surface area contributed by atoms with Gasteiger partial charge in [0.1, 0.15) is 23.0 Å². The second-order valence-electron chi connectivity index (χ2n) is 13.1. The molecule has 5 aromatic heterocycles. The van der Waals surface area contributed by atoms with Crippen molar-refractivity contribution in [2.24, 2.45) is 0 Å². The highest BCUT2D eigenvalue weighted by atomic mass is 79.9. The van der Waals surface area contributed by atoms with Crippen LogP contribution in [0, 0.1) is 115 Å². The molecule has 0 N–H and O–H groups in total. The molecule has 0 aromatic carbocycles. The van der Waals surface area contributed by atoms with Gasteiger partial charge in [0.05, 0.1) is 38.8 Å². The van der Waals surface area contributed by atoms with E-state index < -0.39 is 0 Å². The number of rotatable bonds is 4. The first-order valence-electron chi connectivity index (χ1n) is 19.4. The molecule has 8 rings (SSSR count). The lowest BCUT2D eigenvalue weighted by molar-refractivity contribution is 0.572. The standard InChI is InChI=1S/C15H9BrN2OS.C15H10N2OS.C8H10S.C6H2.C5H4.C4H6.CH4/c1-18-9(8-17)7-10-5-6-13(19-10)14-11-3-2-4-12(11)15(16)20-14;1-17-11(8-16)7-12-5-6-14(18-12)15-13-4-2-3-10(13)9-19-15;1-6-8-4-2-3-7(8)5-9-6;1-3-5-6-4-2;1-3-5-4-2;1-3-4-2;/h5-7H,2-4H2;5-7,9H,2-4H2;5H,2-4H2,1H3;1-2H;1H,2H3;1-2H3;1H4/b9-7+;11-7+;;;;;. The summed E-state index contributed by atoms with van der Waals surface area (Å²) in [4.78, 5) is 10.1. The van der Waals surface area contributed by atoms with E-state index in [1.165, 1.54) is 75.2 Å². The molecule has 0 saturated carbocycles. The second-order valence-corrected chi connectivity index (χ2v) is 17.4. The first-order chi connectivity index (χ1) is 30.7. The van der Waals surface area contributed by atoms with Gasteiger partial charge >= 0.3 is 0 Å². The number of terminal acetylenes is 3. The molecule has 64 heavy (non-hydrogen) atoms. The summed E-state index contributed by atoms with van der Waals surface area (Å²) in [5.74, 6) is 23.8. The van der Waals surface area contributed by atoms with Crippen LogP contribution in [0.4, 0.5) is 0 Å². The molecule has 318 valence electrons. The quantitative estimate of drug-likeness (QED) is 0.102. The molecule has 5 aromatic rings. The maximum Gasteiger partial charge on any atom is 0.265 e. The van der Waals surface area contributed by atoms with E-state index in [4.69, 9.17) is 51.8 Å². The molecule has 0 unspecified atom stereocenters. The van der Waals surface area contributed by atoms with E-state index in [0.717, 1.165) is 42.1 Å². The Balaban J connectivity index is 0.000000293. The van der Waals surface area contributed by atoms with Gasteiger partial charge in [0.25, 0.3) is 11.4 Å². The molecule has 3 aliphatic carbocycles. The Labute approximate surface area is 400 Å². The fraction of sp³-hybridized carbons (Fsp3) is 0.259. The van der Waals surface area contributed by atoms with Crippen LogP contribution in [0.5, 0.6) is 0 Å². The molecule has 6 nitrogen and oxygen atoms in total. The van der Waals surface area contributed by atoms with Crippen LogP contribution in [0.25, 0.3) is 43.1 Å². The Morgan fingerprint density at radius 1 is 0.656 bits per heavy atom. The van der Waals surface area contributed by atoms with Gasteiger partial charge in [0, 0.05) is 4.88 Å². The molecule has 0 bridgehead atoms. The number of nitrogens with zero attached hydrogens (tertiary/aromatic N) is 4. The molecule has 0 aliphatic heterocycles. The van der Waals surface area contributed by atoms with Gasteiger partial charge in [-0.3, -0.25) is 0 Å². The van der Waals surface area contributed by atoms with Crippen LogP contribution in [-0.4, -0.2) is 0 Å². The predicted molar refractivity (Wildman–Crippen MR) is 271 cm³/mol. The van der Waals surface area contributed by atoms with E-state index >= 15 is 0 Å². The Bertz CT molecular complexity index is 2890. The van der Waals surface area contributed by atoms with Crippen molar-refractivity contribution in [1.82, 2.24) is 0 Å². The molecule has 5 heterocycles. The van der Waals surface area contributed by atoms with Crippen molar-refractivity contribution in [3.8, 4) is 106 Å². The van der Waals surface area contributed by atoms with Crippen molar-refractivity contribution in [3.05, 3.63) is 123 Å². The Kier molecular flexibility index (Phi) is 24.3. The van der Waals surface area contributed by atoms with Gasteiger partial charge in [-0.2, -0.15) is 0 Å². The summed E-state index contributed by atoms with van der Waals surface area (Å²) in [5, 5.41) is 22.0. The molecule has 0 spiro atoms. The third kappa shape index (κ3) is 15.7. The highest BCUT2D eigenvalue weighted by Crippen LogP contribution is 2.45. The summed E-state index contributed by atoms with van der Waals surface area (Å²) < 4.78 is 12.7. The van der Waals surface area contributed by atoms with Gasteiger partial charge in [0.2, 0.25) is 0 Å². The smallest absolute Gasteiger partial charge is 0.265 e. The third-order valence-electron chi connectivity index (χ3n) is 9.22. The number of hydrogen-bond acceptors (Lipinski definition) is 7. The maximum atomic E-state index is 8.76. The summed E-state index contributed by atoms with van der Waals surface area (Å²) in [6, 6.07) is 11.1. The lowest BCUT2D eigenvalue weighted by atomic mass is 10.2. The number of nitriles is 2. The van der Waals surface area contributed by atoms with Crippen molar-refractivity contribution in [3.63, 3.8) is 0 Å². The number of aryl methyl sites for hydroxylation is 3. The monoisotopic (exact) mass is 956 g/mol. The van der Waals surface area contributed by atoms with Crippen LogP contribution in [0.15, 0.2) is 59.0 Å². The number of thiophene rings is 3. The van der Waals surface area contributed by atoms with Gasteiger partial charge in [-0.1, -0.05) is 13.3 Å². The summed E-state index contributed by atoms with van der Waals surface area (Å²) in [5.41, 5.74) is 8.96. The zero-order chi connectivity index (χ0) is 46.0. The van der Waals surface area contributed by atoms with Gasteiger partial charge in [-0.25, -0.2) is 20.2 Å². The van der Waals surface area contributed by atoms with E-state index in [1.54, 1.807) is 57.7 Å². The number of furan rings is 2. The van der Waals surface area contributed by atoms with Crippen LogP contribution < -0.4 is 0 Å². The fourth-order valence-corrected chi connectivity index (χ4v) is 10.5. The molecule has 3 aliphatic rings. The minimum atomic E-state index is 0. The minimum Gasteiger partial charge on any atom is -0.457 e. The zero-order valence-corrected chi connectivity index (χ0v) is 39.5. The van der Waals surface area contributed by atoms with Crippen molar-refractivity contribution in [1.29, 1.82) is 10.5 Å². The zero-order valence-electron chi connectivity index (χ0n) is 35.4. The van der Waals surface area contributed by atoms with Crippen molar-refractivity contribution in [2.45, 2.75) is 92.9 Å². The average molecular weight is 958 g/mol. The van der Waals surface area contributed by atoms with Gasteiger partial charge in [-0.05, 0) is 217 Å². The molecule has 0 saturated heterocycles. The number of halogens is 1. The minimum absolute atomic E-state index is 0. The summed E-state index contributed by atoms with van der Waals surface area (Å²) in [7, 11) is 0. The third-order valence-corrected chi connectivity index (χ3v) is 13.4. The van der Waals surface area contributed by atoms with Crippen LogP contribution >= 0.6 is 49.9 Å². The summed E-state index contributed by atoms with van der Waals surface area (Å²) in [6.45, 7) is 21.3. The highest BCUT2D eigenvalue weighted by Gasteiger charge is 2.24. The second kappa shape index (κ2) is 29.3. The average Bonchev–Trinajstić information content (AvgIpc) is 4.16. The fourth-order valence-electron chi connectivity index (χ4n) is 6.42. The first kappa shape index (κ1) is 53.1. The highest BCUT2D eigenvalue weighted by molar-refractivity contribution is 9.11. The Hall–Kier alpha value is -7.06. The molecule has 0 amide bonds. The van der Waals surface area contributed by atoms with Gasteiger partial charge in [-0.15, -0.1) is 65.1 Å². The molecule has 10 heteroatoms. The maximum absolute atomic E-state index is 8.76. The molecule has 0 fully saturated rings. The number of allylic oxidation sites excluding steroid dienone is 2.